The average molecular weight is 357 g/mol. The topological polar surface area (TPSA) is 36.0 Å². The zero-order chi connectivity index (χ0) is 18.4. The summed E-state index contributed by atoms with van der Waals surface area (Å²) in [6.45, 7) is 14.2. The van der Waals surface area contributed by atoms with Crippen molar-refractivity contribution in [3.05, 3.63) is 35.9 Å². The van der Waals surface area contributed by atoms with E-state index in [1.807, 2.05) is 30.3 Å². The molecule has 0 aromatic heterocycles. The van der Waals surface area contributed by atoms with Gasteiger partial charge in [0.25, 0.3) is 5.91 Å². The molecule has 3 aliphatic rings. The molecule has 1 aromatic rings. The average Bonchev–Trinajstić information content (AvgIpc) is 2.59. The fourth-order valence-corrected chi connectivity index (χ4v) is 4.96. The molecule has 5 nitrogen and oxygen atoms in total. The summed E-state index contributed by atoms with van der Waals surface area (Å²) in [6, 6.07) is 10.0. The first-order chi connectivity index (χ1) is 12.4. The third-order valence-electron chi connectivity index (χ3n) is 5.79. The quantitative estimate of drug-likeness (QED) is 0.811. The number of amides is 1. The number of rotatable bonds is 2. The molecule has 0 radical (unpaired) electrons. The molecule has 1 aromatic carbocycles. The van der Waals surface area contributed by atoms with E-state index in [1.54, 1.807) is 0 Å². The van der Waals surface area contributed by atoms with Crippen LogP contribution >= 0.6 is 0 Å². The maximum absolute atomic E-state index is 13.1. The van der Waals surface area contributed by atoms with E-state index in [0.29, 0.717) is 11.5 Å². The van der Waals surface area contributed by atoms with E-state index >= 15 is 0 Å². The lowest BCUT2D eigenvalue weighted by Crippen LogP contribution is -2.81. The minimum atomic E-state index is 0.0996. The predicted molar refractivity (Wildman–Crippen MR) is 102 cm³/mol. The number of piperazine rings is 1. The Bertz CT molecular complexity index is 649. The van der Waals surface area contributed by atoms with Crippen LogP contribution in [0.3, 0.4) is 0 Å². The molecule has 3 aliphatic heterocycles. The van der Waals surface area contributed by atoms with Crippen LogP contribution in [-0.4, -0.2) is 84.7 Å². The highest BCUT2D eigenvalue weighted by atomic mass is 16.5. The fourth-order valence-electron chi connectivity index (χ4n) is 4.96. The van der Waals surface area contributed by atoms with Crippen molar-refractivity contribution in [2.75, 3.05) is 52.5 Å². The highest BCUT2D eigenvalue weighted by Crippen LogP contribution is 2.37. The van der Waals surface area contributed by atoms with Crippen molar-refractivity contribution in [2.24, 2.45) is 5.41 Å². The van der Waals surface area contributed by atoms with Crippen molar-refractivity contribution in [1.29, 1.82) is 0 Å². The van der Waals surface area contributed by atoms with Crippen LogP contribution < -0.4 is 0 Å². The zero-order valence-electron chi connectivity index (χ0n) is 16.3. The number of benzene rings is 1. The van der Waals surface area contributed by atoms with Gasteiger partial charge in [-0.25, -0.2) is 0 Å². The van der Waals surface area contributed by atoms with Gasteiger partial charge in [0, 0.05) is 44.8 Å². The van der Waals surface area contributed by atoms with Crippen molar-refractivity contribution in [3.63, 3.8) is 0 Å². The van der Waals surface area contributed by atoms with Crippen LogP contribution in [0.4, 0.5) is 0 Å². The highest BCUT2D eigenvalue weighted by Gasteiger charge is 2.55. The van der Waals surface area contributed by atoms with Gasteiger partial charge in [-0.15, -0.1) is 0 Å². The molecule has 0 N–H and O–H groups in total. The van der Waals surface area contributed by atoms with Crippen molar-refractivity contribution in [2.45, 2.75) is 32.4 Å². The van der Waals surface area contributed by atoms with E-state index in [-0.39, 0.29) is 11.4 Å². The lowest BCUT2D eigenvalue weighted by Gasteiger charge is -2.64. The maximum atomic E-state index is 13.1. The number of hydrogen-bond donors (Lipinski definition) is 0. The number of likely N-dealkylation sites (tertiary alicyclic amines) is 1. The van der Waals surface area contributed by atoms with E-state index < -0.39 is 0 Å². The van der Waals surface area contributed by atoms with E-state index in [1.165, 1.54) is 0 Å². The van der Waals surface area contributed by atoms with Gasteiger partial charge in [0.1, 0.15) is 0 Å². The maximum Gasteiger partial charge on any atom is 0.253 e. The van der Waals surface area contributed by atoms with Gasteiger partial charge in [-0.1, -0.05) is 39.0 Å². The molecular weight excluding hydrogens is 326 g/mol. The molecule has 3 heterocycles. The molecule has 26 heavy (non-hydrogen) atoms. The normalized spacial score (nSPS) is 26.4. The van der Waals surface area contributed by atoms with Crippen molar-refractivity contribution < 1.29 is 9.53 Å². The lowest BCUT2D eigenvalue weighted by molar-refractivity contribution is -0.162. The Balaban J connectivity index is 1.52. The van der Waals surface area contributed by atoms with Gasteiger partial charge in [0.15, 0.2) is 0 Å². The van der Waals surface area contributed by atoms with Crippen LogP contribution in [0.2, 0.25) is 0 Å². The smallest absolute Gasteiger partial charge is 0.253 e. The van der Waals surface area contributed by atoms with Crippen LogP contribution in [0.5, 0.6) is 0 Å². The Kier molecular flexibility index (Phi) is 4.58. The Morgan fingerprint density at radius 1 is 1.19 bits per heavy atom. The third-order valence-corrected chi connectivity index (χ3v) is 5.79. The van der Waals surface area contributed by atoms with Crippen LogP contribution in [0.1, 0.15) is 31.1 Å². The molecular formula is C21H31N3O2. The van der Waals surface area contributed by atoms with Crippen LogP contribution in [0.25, 0.3) is 0 Å². The number of nitrogens with zero attached hydrogens (tertiary/aromatic N) is 3. The van der Waals surface area contributed by atoms with Gasteiger partial charge in [0.2, 0.25) is 0 Å². The standard InChI is InChI=1S/C21H31N3O2/c1-20(2,3)13-22-14-21(15-22)16-23(11-18-12-26-10-9-24(18)21)19(25)17-7-5-4-6-8-17/h4-8,18H,9-16H2,1-3H3. The molecule has 4 rings (SSSR count). The van der Waals surface area contributed by atoms with E-state index in [4.69, 9.17) is 4.74 Å². The Morgan fingerprint density at radius 2 is 1.92 bits per heavy atom. The summed E-state index contributed by atoms with van der Waals surface area (Å²) in [5, 5.41) is 0. The monoisotopic (exact) mass is 357 g/mol. The second-order valence-corrected chi connectivity index (χ2v) is 9.40. The minimum Gasteiger partial charge on any atom is -0.378 e. The molecule has 0 saturated carbocycles. The summed E-state index contributed by atoms with van der Waals surface area (Å²) in [4.78, 5) is 20.3. The van der Waals surface area contributed by atoms with Crippen LogP contribution in [-0.2, 0) is 4.74 Å². The second kappa shape index (κ2) is 6.63. The molecule has 0 bridgehead atoms. The molecule has 3 saturated heterocycles. The summed E-state index contributed by atoms with van der Waals surface area (Å²) in [5.74, 6) is 0.157. The molecule has 0 aliphatic carbocycles. The Labute approximate surface area is 156 Å². The molecule has 1 atom stereocenters. The van der Waals surface area contributed by atoms with Crippen molar-refractivity contribution >= 4 is 5.91 Å². The van der Waals surface area contributed by atoms with Gasteiger partial charge >= 0.3 is 0 Å². The molecule has 1 unspecified atom stereocenters. The SMILES string of the molecule is CC(C)(C)CN1CC2(C1)CN(C(=O)c1ccccc1)CC1COCCN12. The first kappa shape index (κ1) is 18.0. The van der Waals surface area contributed by atoms with E-state index in [9.17, 15) is 4.79 Å². The molecule has 1 spiro atoms. The Morgan fingerprint density at radius 3 is 2.62 bits per heavy atom. The number of ether oxygens (including phenoxy) is 1. The molecule has 3 fully saturated rings. The van der Waals surface area contributed by atoms with Crippen LogP contribution in [0, 0.1) is 5.41 Å². The van der Waals surface area contributed by atoms with Crippen molar-refractivity contribution in [3.8, 4) is 0 Å². The summed E-state index contributed by atoms with van der Waals surface area (Å²) < 4.78 is 5.75. The number of hydrogen-bond acceptors (Lipinski definition) is 4. The number of morpholine rings is 1. The Hall–Kier alpha value is -1.43. The third kappa shape index (κ3) is 3.40. The first-order valence-corrected chi connectivity index (χ1v) is 9.78. The lowest BCUT2D eigenvalue weighted by atomic mass is 9.80. The van der Waals surface area contributed by atoms with Gasteiger partial charge in [-0.2, -0.15) is 0 Å². The minimum absolute atomic E-state index is 0.0996. The van der Waals surface area contributed by atoms with Gasteiger partial charge in [0.05, 0.1) is 24.8 Å². The molecule has 142 valence electrons. The second-order valence-electron chi connectivity index (χ2n) is 9.40. The summed E-state index contributed by atoms with van der Waals surface area (Å²) in [7, 11) is 0. The van der Waals surface area contributed by atoms with Gasteiger partial charge in [-0.05, 0) is 17.5 Å². The zero-order valence-corrected chi connectivity index (χ0v) is 16.3. The van der Waals surface area contributed by atoms with Crippen molar-refractivity contribution in [1.82, 2.24) is 14.7 Å². The summed E-state index contributed by atoms with van der Waals surface area (Å²) in [5.41, 5.74) is 1.20. The summed E-state index contributed by atoms with van der Waals surface area (Å²) >= 11 is 0. The molecule has 5 heteroatoms. The van der Waals surface area contributed by atoms with Gasteiger partial charge in [-0.3, -0.25) is 14.6 Å². The number of carbonyl (C=O) groups excluding carboxylic acids is 1. The summed E-state index contributed by atoms with van der Waals surface area (Å²) in [6.07, 6.45) is 0. The van der Waals surface area contributed by atoms with Crippen LogP contribution in [0.15, 0.2) is 30.3 Å². The number of carbonyl (C=O) groups is 1. The highest BCUT2D eigenvalue weighted by molar-refractivity contribution is 5.94. The van der Waals surface area contributed by atoms with E-state index in [2.05, 4.69) is 35.5 Å². The largest absolute Gasteiger partial charge is 0.378 e. The van der Waals surface area contributed by atoms with E-state index in [0.717, 1.165) is 58.0 Å². The fraction of sp³-hybridized carbons (Fsp3) is 0.667. The first-order valence-electron chi connectivity index (χ1n) is 9.78. The number of fused-ring (bicyclic) bond motifs is 2. The van der Waals surface area contributed by atoms with Gasteiger partial charge < -0.3 is 9.64 Å². The predicted octanol–water partition coefficient (Wildman–Crippen LogP) is 1.94. The molecule has 1 amide bonds.